The molecule has 1 rings (SSSR count). The van der Waals surface area contributed by atoms with Gasteiger partial charge in [0.2, 0.25) is 0 Å². The Labute approximate surface area is 111 Å². The van der Waals surface area contributed by atoms with E-state index in [4.69, 9.17) is 5.11 Å². The number of aliphatic hydroxyl groups excluding tert-OH is 1. The summed E-state index contributed by atoms with van der Waals surface area (Å²) in [7, 11) is 0. The Balaban J connectivity index is 2.96. The van der Waals surface area contributed by atoms with Crippen molar-refractivity contribution >= 4 is 0 Å². The third-order valence-corrected chi connectivity index (χ3v) is 2.95. The van der Waals surface area contributed by atoms with Crippen LogP contribution in [0.25, 0.3) is 0 Å². The Bertz CT molecular complexity index is 393. The first-order valence-corrected chi connectivity index (χ1v) is 6.42. The molecular formula is C14H20F3NO. The smallest absolute Gasteiger partial charge is 0.395 e. The molecule has 0 radical (unpaired) electrons. The predicted octanol–water partition coefficient (Wildman–Crippen LogP) is 3.52. The maximum Gasteiger partial charge on any atom is 0.416 e. The van der Waals surface area contributed by atoms with E-state index in [2.05, 4.69) is 5.32 Å². The highest BCUT2D eigenvalue weighted by atomic mass is 19.4. The van der Waals surface area contributed by atoms with E-state index in [0.717, 1.165) is 18.9 Å². The zero-order valence-corrected chi connectivity index (χ0v) is 11.2. The minimum atomic E-state index is -4.32. The van der Waals surface area contributed by atoms with Gasteiger partial charge in [-0.15, -0.1) is 0 Å². The van der Waals surface area contributed by atoms with Crippen molar-refractivity contribution in [1.29, 1.82) is 0 Å². The van der Waals surface area contributed by atoms with E-state index < -0.39 is 11.7 Å². The van der Waals surface area contributed by atoms with Gasteiger partial charge < -0.3 is 10.4 Å². The summed E-state index contributed by atoms with van der Waals surface area (Å²) < 4.78 is 38.1. The Morgan fingerprint density at radius 1 is 1.32 bits per heavy atom. The number of nitrogens with one attached hydrogen (secondary N) is 1. The second kappa shape index (κ2) is 6.91. The van der Waals surface area contributed by atoms with Crippen LogP contribution in [0, 0.1) is 0 Å². The number of hydrogen-bond acceptors (Lipinski definition) is 2. The third-order valence-electron chi connectivity index (χ3n) is 2.95. The first kappa shape index (κ1) is 16.0. The Morgan fingerprint density at radius 3 is 2.53 bits per heavy atom. The summed E-state index contributed by atoms with van der Waals surface area (Å²) in [5, 5.41) is 12.2. The maximum absolute atomic E-state index is 12.7. The average Bonchev–Trinajstić information content (AvgIpc) is 2.37. The third kappa shape index (κ3) is 4.84. The van der Waals surface area contributed by atoms with Crippen LogP contribution in [-0.4, -0.2) is 17.8 Å². The molecule has 0 aliphatic heterocycles. The van der Waals surface area contributed by atoms with E-state index >= 15 is 0 Å². The van der Waals surface area contributed by atoms with Crippen molar-refractivity contribution in [3.63, 3.8) is 0 Å². The molecule has 0 aliphatic carbocycles. The van der Waals surface area contributed by atoms with Gasteiger partial charge in [0.15, 0.2) is 0 Å². The van der Waals surface area contributed by atoms with Crippen molar-refractivity contribution in [1.82, 2.24) is 5.32 Å². The summed E-state index contributed by atoms with van der Waals surface area (Å²) in [5.41, 5.74) is -0.0264. The zero-order valence-electron chi connectivity index (χ0n) is 11.2. The van der Waals surface area contributed by atoms with Gasteiger partial charge >= 0.3 is 6.18 Å². The molecule has 0 aromatic heterocycles. The lowest BCUT2D eigenvalue weighted by atomic mass is 9.99. The molecule has 2 atom stereocenters. The second-order valence-corrected chi connectivity index (χ2v) is 4.71. The quantitative estimate of drug-likeness (QED) is 0.832. The lowest BCUT2D eigenvalue weighted by Gasteiger charge is -2.23. The van der Waals surface area contributed by atoms with Crippen LogP contribution in [0.1, 0.15) is 43.9 Å². The monoisotopic (exact) mass is 275 g/mol. The molecule has 19 heavy (non-hydrogen) atoms. The van der Waals surface area contributed by atoms with Gasteiger partial charge in [0.1, 0.15) is 0 Å². The molecule has 108 valence electrons. The van der Waals surface area contributed by atoms with Crippen LogP contribution in [-0.2, 0) is 6.18 Å². The van der Waals surface area contributed by atoms with Crippen molar-refractivity contribution in [3.05, 3.63) is 35.4 Å². The fraction of sp³-hybridized carbons (Fsp3) is 0.571. The molecule has 0 amide bonds. The summed E-state index contributed by atoms with van der Waals surface area (Å²) in [6.07, 6.45) is -2.74. The number of benzene rings is 1. The molecule has 0 spiro atoms. The number of alkyl halides is 3. The molecule has 2 unspecified atom stereocenters. The van der Waals surface area contributed by atoms with Gasteiger partial charge in [-0.1, -0.05) is 25.5 Å². The summed E-state index contributed by atoms with van der Waals surface area (Å²) in [4.78, 5) is 0. The first-order chi connectivity index (χ1) is 8.88. The van der Waals surface area contributed by atoms with E-state index in [1.54, 1.807) is 13.0 Å². The van der Waals surface area contributed by atoms with Crippen LogP contribution in [0.15, 0.2) is 24.3 Å². The lowest BCUT2D eigenvalue weighted by Crippen LogP contribution is -2.33. The Hall–Kier alpha value is -1.07. The zero-order chi connectivity index (χ0) is 14.5. The molecular weight excluding hydrogens is 255 g/mol. The Morgan fingerprint density at radius 2 is 2.00 bits per heavy atom. The number of rotatable bonds is 6. The molecule has 0 heterocycles. The minimum absolute atomic E-state index is 0.0425. The van der Waals surface area contributed by atoms with Crippen LogP contribution in [0.5, 0.6) is 0 Å². The van der Waals surface area contributed by atoms with E-state index in [0.29, 0.717) is 5.56 Å². The molecule has 1 aromatic rings. The molecule has 0 saturated heterocycles. The van der Waals surface area contributed by atoms with Crippen molar-refractivity contribution in [2.45, 2.75) is 44.9 Å². The van der Waals surface area contributed by atoms with E-state index in [1.807, 2.05) is 6.92 Å². The molecule has 0 aliphatic rings. The summed E-state index contributed by atoms with van der Waals surface area (Å²) >= 11 is 0. The van der Waals surface area contributed by atoms with Gasteiger partial charge in [0.05, 0.1) is 12.2 Å². The second-order valence-electron chi connectivity index (χ2n) is 4.71. The summed E-state index contributed by atoms with van der Waals surface area (Å²) in [5.74, 6) is 0. The normalized spacial score (nSPS) is 15.3. The minimum Gasteiger partial charge on any atom is -0.395 e. The van der Waals surface area contributed by atoms with Crippen molar-refractivity contribution in [2.24, 2.45) is 0 Å². The van der Waals surface area contributed by atoms with E-state index in [-0.39, 0.29) is 18.7 Å². The number of aliphatic hydroxyl groups is 1. The molecule has 2 N–H and O–H groups in total. The van der Waals surface area contributed by atoms with Crippen molar-refractivity contribution in [2.75, 3.05) is 6.61 Å². The van der Waals surface area contributed by atoms with Crippen LogP contribution in [0.4, 0.5) is 13.2 Å². The first-order valence-electron chi connectivity index (χ1n) is 6.42. The summed E-state index contributed by atoms with van der Waals surface area (Å²) in [6, 6.07) is 5.04. The Kier molecular flexibility index (Phi) is 5.82. The van der Waals surface area contributed by atoms with Gasteiger partial charge in [-0.25, -0.2) is 0 Å². The van der Waals surface area contributed by atoms with E-state index in [1.165, 1.54) is 12.1 Å². The van der Waals surface area contributed by atoms with Crippen LogP contribution >= 0.6 is 0 Å². The average molecular weight is 275 g/mol. The largest absolute Gasteiger partial charge is 0.416 e. The molecule has 0 saturated carbocycles. The SMILES string of the molecule is CCCC(NC(C)CO)c1cccc(C(F)(F)F)c1. The van der Waals surface area contributed by atoms with Gasteiger partial charge in [0, 0.05) is 12.1 Å². The highest BCUT2D eigenvalue weighted by molar-refractivity contribution is 5.28. The fourth-order valence-electron chi connectivity index (χ4n) is 1.96. The number of halogens is 3. The van der Waals surface area contributed by atoms with Gasteiger partial charge in [0.25, 0.3) is 0 Å². The molecule has 2 nitrogen and oxygen atoms in total. The topological polar surface area (TPSA) is 32.3 Å². The van der Waals surface area contributed by atoms with Crippen LogP contribution in [0.2, 0.25) is 0 Å². The fourth-order valence-corrected chi connectivity index (χ4v) is 1.96. The standard InChI is InChI=1S/C14H20F3NO/c1-3-5-13(18-10(2)9-19)11-6-4-7-12(8-11)14(15,16)17/h4,6-8,10,13,18-19H,3,5,9H2,1-2H3. The van der Waals surface area contributed by atoms with Crippen LogP contribution < -0.4 is 5.32 Å². The van der Waals surface area contributed by atoms with Gasteiger partial charge in [-0.2, -0.15) is 13.2 Å². The van der Waals surface area contributed by atoms with Crippen molar-refractivity contribution in [3.8, 4) is 0 Å². The summed E-state index contributed by atoms with van der Waals surface area (Å²) in [6.45, 7) is 3.74. The molecule has 1 aromatic carbocycles. The number of hydrogen-bond donors (Lipinski definition) is 2. The van der Waals surface area contributed by atoms with Crippen molar-refractivity contribution < 1.29 is 18.3 Å². The maximum atomic E-state index is 12.7. The highest BCUT2D eigenvalue weighted by Crippen LogP contribution is 2.31. The van der Waals surface area contributed by atoms with E-state index in [9.17, 15) is 13.2 Å². The predicted molar refractivity (Wildman–Crippen MR) is 68.8 cm³/mol. The lowest BCUT2D eigenvalue weighted by molar-refractivity contribution is -0.137. The van der Waals surface area contributed by atoms with Gasteiger partial charge in [-0.05, 0) is 31.0 Å². The van der Waals surface area contributed by atoms with Gasteiger partial charge in [-0.3, -0.25) is 0 Å². The molecule has 0 bridgehead atoms. The van der Waals surface area contributed by atoms with Crippen LogP contribution in [0.3, 0.4) is 0 Å². The molecule has 5 heteroatoms. The highest BCUT2D eigenvalue weighted by Gasteiger charge is 2.31. The molecule has 0 fully saturated rings.